The third kappa shape index (κ3) is 1.63. The third-order valence-corrected chi connectivity index (χ3v) is 1.61. The van der Waals surface area contributed by atoms with Crippen LogP contribution < -0.4 is 0 Å². The van der Waals surface area contributed by atoms with Crippen molar-refractivity contribution in [3.63, 3.8) is 0 Å². The van der Waals surface area contributed by atoms with Crippen LogP contribution in [0.3, 0.4) is 0 Å². The normalized spacial score (nSPS) is 19.4. The predicted octanol–water partition coefficient (Wildman–Crippen LogP) is 0.945. The van der Waals surface area contributed by atoms with Crippen molar-refractivity contribution in [3.8, 4) is 0 Å². The van der Waals surface area contributed by atoms with Gasteiger partial charge in [-0.2, -0.15) is 0 Å². The van der Waals surface area contributed by atoms with Crippen molar-refractivity contribution in [1.29, 1.82) is 0 Å². The second kappa shape index (κ2) is 2.29. The molecule has 1 fully saturated rings. The molecular formula is C7H10O2. The van der Waals surface area contributed by atoms with Gasteiger partial charge in [0.25, 0.3) is 0 Å². The van der Waals surface area contributed by atoms with E-state index in [1.54, 1.807) is 6.92 Å². The van der Waals surface area contributed by atoms with Crippen molar-refractivity contribution >= 4 is 11.6 Å². The summed E-state index contributed by atoms with van der Waals surface area (Å²) >= 11 is 0. The van der Waals surface area contributed by atoms with E-state index in [-0.39, 0.29) is 5.78 Å². The van der Waals surface area contributed by atoms with Crippen molar-refractivity contribution < 1.29 is 9.59 Å². The maximum atomic E-state index is 10.4. The van der Waals surface area contributed by atoms with Gasteiger partial charge in [-0.15, -0.1) is 0 Å². The standard InChI is InChI=1S/C7H10O2/c1-5(8)2-6-3-7(9)4-6/h6H,2-4H2,1H3. The molecule has 0 spiro atoms. The number of hydrogen-bond donors (Lipinski definition) is 0. The number of Topliss-reactive ketones (excluding diaryl/α,β-unsaturated/α-hetero) is 2. The summed E-state index contributed by atoms with van der Waals surface area (Å²) in [4.78, 5) is 20.8. The minimum Gasteiger partial charge on any atom is -0.300 e. The molecule has 9 heavy (non-hydrogen) atoms. The molecule has 1 aliphatic carbocycles. The van der Waals surface area contributed by atoms with Crippen LogP contribution in [0.4, 0.5) is 0 Å². The molecule has 50 valence electrons. The Morgan fingerprint density at radius 3 is 2.56 bits per heavy atom. The molecule has 0 aromatic heterocycles. The van der Waals surface area contributed by atoms with Gasteiger partial charge in [-0.25, -0.2) is 0 Å². The number of ketones is 2. The Hall–Kier alpha value is -0.660. The molecule has 0 amide bonds. The van der Waals surface area contributed by atoms with Crippen molar-refractivity contribution in [1.82, 2.24) is 0 Å². The second-order valence-corrected chi connectivity index (χ2v) is 2.72. The van der Waals surface area contributed by atoms with Gasteiger partial charge in [0, 0.05) is 19.3 Å². The molecule has 0 aliphatic heterocycles. The van der Waals surface area contributed by atoms with Gasteiger partial charge in [0.2, 0.25) is 0 Å². The van der Waals surface area contributed by atoms with Crippen LogP contribution in [-0.2, 0) is 9.59 Å². The summed E-state index contributed by atoms with van der Waals surface area (Å²) < 4.78 is 0. The maximum absolute atomic E-state index is 10.4. The van der Waals surface area contributed by atoms with Gasteiger partial charge in [0.05, 0.1) is 0 Å². The zero-order valence-electron chi connectivity index (χ0n) is 5.52. The molecule has 2 heteroatoms. The quantitative estimate of drug-likeness (QED) is 0.552. The van der Waals surface area contributed by atoms with Crippen LogP contribution in [0.25, 0.3) is 0 Å². The van der Waals surface area contributed by atoms with Crippen LogP contribution in [0.1, 0.15) is 26.2 Å². The van der Waals surface area contributed by atoms with Crippen molar-refractivity contribution in [2.24, 2.45) is 5.92 Å². The van der Waals surface area contributed by atoms with Crippen LogP contribution in [-0.4, -0.2) is 11.6 Å². The van der Waals surface area contributed by atoms with Crippen LogP contribution in [0.15, 0.2) is 0 Å². The summed E-state index contributed by atoms with van der Waals surface area (Å²) in [6.45, 7) is 1.57. The number of carbonyl (C=O) groups excluding carboxylic acids is 2. The fourth-order valence-corrected chi connectivity index (χ4v) is 1.14. The largest absolute Gasteiger partial charge is 0.300 e. The lowest BCUT2D eigenvalue weighted by Gasteiger charge is -2.22. The molecule has 0 saturated heterocycles. The lowest BCUT2D eigenvalue weighted by Crippen LogP contribution is -2.24. The molecule has 0 aromatic carbocycles. The van der Waals surface area contributed by atoms with Crippen LogP contribution >= 0.6 is 0 Å². The topological polar surface area (TPSA) is 34.1 Å². The average Bonchev–Trinajstić information content (AvgIpc) is 1.60. The first-order valence-corrected chi connectivity index (χ1v) is 3.19. The van der Waals surface area contributed by atoms with Crippen LogP contribution in [0.5, 0.6) is 0 Å². The fraction of sp³-hybridized carbons (Fsp3) is 0.714. The highest BCUT2D eigenvalue weighted by Crippen LogP contribution is 2.25. The summed E-state index contributed by atoms with van der Waals surface area (Å²) in [5, 5.41) is 0. The highest BCUT2D eigenvalue weighted by atomic mass is 16.1. The first-order valence-electron chi connectivity index (χ1n) is 3.19. The molecule has 0 aromatic rings. The Morgan fingerprint density at radius 2 is 2.22 bits per heavy atom. The van der Waals surface area contributed by atoms with Crippen LogP contribution in [0, 0.1) is 5.92 Å². The van der Waals surface area contributed by atoms with Gasteiger partial charge in [0.1, 0.15) is 11.6 Å². The first-order chi connectivity index (χ1) is 4.18. The molecular weight excluding hydrogens is 116 g/mol. The van der Waals surface area contributed by atoms with Gasteiger partial charge >= 0.3 is 0 Å². The van der Waals surface area contributed by atoms with Crippen molar-refractivity contribution in [2.45, 2.75) is 26.2 Å². The van der Waals surface area contributed by atoms with E-state index in [4.69, 9.17) is 0 Å². The number of rotatable bonds is 2. The van der Waals surface area contributed by atoms with Crippen molar-refractivity contribution in [2.75, 3.05) is 0 Å². The summed E-state index contributed by atoms with van der Waals surface area (Å²) in [6, 6.07) is 0. The zero-order chi connectivity index (χ0) is 6.85. The molecule has 1 rings (SSSR count). The molecule has 0 unspecified atom stereocenters. The minimum atomic E-state index is 0.201. The Bertz CT molecular complexity index is 141. The molecule has 0 N–H and O–H groups in total. The molecule has 0 heterocycles. The molecule has 0 bridgehead atoms. The van der Waals surface area contributed by atoms with Crippen LogP contribution in [0.2, 0.25) is 0 Å². The lowest BCUT2D eigenvalue weighted by atomic mass is 9.81. The van der Waals surface area contributed by atoms with Gasteiger partial charge in [-0.05, 0) is 12.8 Å². The van der Waals surface area contributed by atoms with E-state index in [0.29, 0.717) is 31.0 Å². The summed E-state index contributed by atoms with van der Waals surface area (Å²) in [7, 11) is 0. The van der Waals surface area contributed by atoms with Crippen molar-refractivity contribution in [3.05, 3.63) is 0 Å². The Labute approximate surface area is 54.2 Å². The Kier molecular flexibility index (Phi) is 1.65. The third-order valence-electron chi connectivity index (χ3n) is 1.61. The molecule has 0 atom stereocenters. The monoisotopic (exact) mass is 126 g/mol. The SMILES string of the molecule is CC(=O)CC1CC(=O)C1. The molecule has 1 saturated carbocycles. The fourth-order valence-electron chi connectivity index (χ4n) is 1.14. The van der Waals surface area contributed by atoms with Gasteiger partial charge in [0.15, 0.2) is 0 Å². The van der Waals surface area contributed by atoms with E-state index in [1.807, 2.05) is 0 Å². The van der Waals surface area contributed by atoms with Gasteiger partial charge in [-0.1, -0.05) is 0 Å². The maximum Gasteiger partial charge on any atom is 0.133 e. The van der Waals surface area contributed by atoms with E-state index < -0.39 is 0 Å². The molecule has 1 aliphatic rings. The molecule has 0 radical (unpaired) electrons. The smallest absolute Gasteiger partial charge is 0.133 e. The van der Waals surface area contributed by atoms with E-state index in [0.717, 1.165) is 0 Å². The Balaban J connectivity index is 2.18. The summed E-state index contributed by atoms with van der Waals surface area (Å²) in [6.07, 6.45) is 1.88. The zero-order valence-corrected chi connectivity index (χ0v) is 5.52. The summed E-state index contributed by atoms with van der Waals surface area (Å²) in [5.74, 6) is 0.892. The second-order valence-electron chi connectivity index (χ2n) is 2.72. The van der Waals surface area contributed by atoms with E-state index >= 15 is 0 Å². The Morgan fingerprint density at radius 1 is 1.67 bits per heavy atom. The first kappa shape index (κ1) is 6.46. The van der Waals surface area contributed by atoms with Gasteiger partial charge < -0.3 is 4.79 Å². The molecule has 2 nitrogen and oxygen atoms in total. The predicted molar refractivity (Wildman–Crippen MR) is 33.0 cm³/mol. The van der Waals surface area contributed by atoms with E-state index in [1.165, 1.54) is 0 Å². The van der Waals surface area contributed by atoms with E-state index in [2.05, 4.69) is 0 Å². The number of hydrogen-bond acceptors (Lipinski definition) is 2. The average molecular weight is 126 g/mol. The lowest BCUT2D eigenvalue weighted by molar-refractivity contribution is -0.128. The highest BCUT2D eigenvalue weighted by Gasteiger charge is 2.26. The summed E-state index contributed by atoms with van der Waals surface area (Å²) in [5.41, 5.74) is 0. The highest BCUT2D eigenvalue weighted by molar-refractivity contribution is 5.87. The van der Waals surface area contributed by atoms with Gasteiger partial charge in [-0.3, -0.25) is 4.79 Å². The van der Waals surface area contributed by atoms with E-state index in [9.17, 15) is 9.59 Å². The number of carbonyl (C=O) groups is 2. The minimum absolute atomic E-state index is 0.201.